The molecule has 0 bridgehead atoms. The zero-order chi connectivity index (χ0) is 59.0. The van der Waals surface area contributed by atoms with E-state index in [1.165, 1.54) is 154 Å². The molecule has 1 amide bonds. The maximum absolute atomic E-state index is 13.2. The molecule has 0 saturated carbocycles. The summed E-state index contributed by atoms with van der Waals surface area (Å²) in [6.07, 6.45) is 22.9. The minimum Gasteiger partial charge on any atom is -0.394 e. The Kier molecular flexibility index (Phi) is 41.4. The highest BCUT2D eigenvalue weighted by Gasteiger charge is 2.53. The van der Waals surface area contributed by atoms with Crippen molar-refractivity contribution in [3.8, 4) is 0 Å². The predicted octanol–water partition coefficient (Wildman–Crippen LogP) is 6.71. The van der Waals surface area contributed by atoms with Crippen molar-refractivity contribution in [2.75, 3.05) is 26.4 Å². The number of hydrogen-bond donors (Lipinski definition) is 12. The molecule has 0 aromatic rings. The van der Waals surface area contributed by atoms with Gasteiger partial charge in [0.1, 0.15) is 73.2 Å². The monoisotopic (exact) mass is 1160 g/mol. The molecular weight excluding hydrogens is 1050 g/mol. The smallest absolute Gasteiger partial charge is 0.220 e. The molecule has 3 aliphatic rings. The number of carbonyl (C=O) groups excluding carboxylic acids is 1. The number of nitrogens with one attached hydrogen (secondary N) is 1. The van der Waals surface area contributed by atoms with Crippen molar-refractivity contribution in [1.82, 2.24) is 5.32 Å². The average molecular weight is 1160 g/mol. The van der Waals surface area contributed by atoms with E-state index in [0.717, 1.165) is 38.5 Å². The maximum Gasteiger partial charge on any atom is 0.220 e. The molecule has 3 saturated heterocycles. The first-order chi connectivity index (χ1) is 39.3. The number of allylic oxidation sites excluding steroid dienone is 4. The van der Waals surface area contributed by atoms with E-state index in [2.05, 4.69) is 36.5 Å². The molecule has 3 aliphatic heterocycles. The number of carbonyl (C=O) groups is 1. The Morgan fingerprint density at radius 3 is 1.26 bits per heavy atom. The van der Waals surface area contributed by atoms with Gasteiger partial charge in [-0.2, -0.15) is 0 Å². The lowest BCUT2D eigenvalue weighted by molar-refractivity contribution is -0.379. The van der Waals surface area contributed by atoms with Gasteiger partial charge in [-0.3, -0.25) is 4.79 Å². The quantitative estimate of drug-likeness (QED) is 0.0222. The van der Waals surface area contributed by atoms with E-state index < -0.39 is 124 Å². The number of aliphatic hydroxyl groups is 11. The molecule has 3 rings (SSSR count). The van der Waals surface area contributed by atoms with Crippen LogP contribution in [-0.2, 0) is 33.2 Å². The van der Waals surface area contributed by atoms with Gasteiger partial charge in [-0.25, -0.2) is 0 Å². The van der Waals surface area contributed by atoms with Crippen molar-refractivity contribution in [3.05, 3.63) is 24.3 Å². The van der Waals surface area contributed by atoms with Gasteiger partial charge in [0.15, 0.2) is 18.9 Å². The molecule has 17 unspecified atom stereocenters. The van der Waals surface area contributed by atoms with E-state index in [4.69, 9.17) is 28.4 Å². The number of ether oxygens (including phenoxy) is 6. The van der Waals surface area contributed by atoms with Crippen LogP contribution >= 0.6 is 0 Å². The number of aliphatic hydroxyl groups excluding tert-OH is 11. The number of hydrogen-bond acceptors (Lipinski definition) is 18. The Balaban J connectivity index is 1.24. The van der Waals surface area contributed by atoms with Crippen LogP contribution in [0.4, 0.5) is 0 Å². The van der Waals surface area contributed by atoms with Crippen molar-refractivity contribution in [2.45, 2.75) is 336 Å². The zero-order valence-corrected chi connectivity index (χ0v) is 49.8. The van der Waals surface area contributed by atoms with E-state index in [-0.39, 0.29) is 18.9 Å². The van der Waals surface area contributed by atoms with Crippen LogP contribution in [0.1, 0.15) is 232 Å². The van der Waals surface area contributed by atoms with E-state index >= 15 is 0 Å². The van der Waals surface area contributed by atoms with Gasteiger partial charge in [0.25, 0.3) is 0 Å². The van der Waals surface area contributed by atoms with Crippen LogP contribution in [0.5, 0.6) is 0 Å². The first-order valence-corrected chi connectivity index (χ1v) is 32.1. The zero-order valence-electron chi connectivity index (χ0n) is 49.8. The summed E-state index contributed by atoms with van der Waals surface area (Å²) < 4.78 is 34.0. The summed E-state index contributed by atoms with van der Waals surface area (Å²) in [5.74, 6) is -0.252. The van der Waals surface area contributed by atoms with Gasteiger partial charge in [0.05, 0.1) is 38.6 Å². The lowest BCUT2D eigenvalue weighted by Crippen LogP contribution is -2.66. The molecule has 0 aromatic carbocycles. The Morgan fingerprint density at radius 2 is 0.815 bits per heavy atom. The van der Waals surface area contributed by atoms with E-state index in [1.807, 2.05) is 6.92 Å². The molecule has 0 radical (unpaired) electrons. The molecule has 0 aliphatic carbocycles. The SMILES string of the molecule is CCCCCCC/C=C\C/C=C\CCCCCCCCCCCCCCCCCCCCCCCC(=O)NC(COC1OC(CO)C(OC2OC(CO)C(OC3OC(CO)C(O)C(O)C3O)C(O)C2O)C(O)C1O)C(O)CCCCC. The molecular formula is C62H115NO18. The van der Waals surface area contributed by atoms with Gasteiger partial charge in [-0.1, -0.05) is 205 Å². The van der Waals surface area contributed by atoms with Crippen LogP contribution in [0.3, 0.4) is 0 Å². The molecule has 3 fully saturated rings. The Bertz CT molecular complexity index is 1580. The molecule has 12 N–H and O–H groups in total. The normalized spacial score (nSPS) is 29.9. The van der Waals surface area contributed by atoms with Gasteiger partial charge in [-0.15, -0.1) is 0 Å². The number of amides is 1. The molecule has 0 spiro atoms. The first kappa shape index (κ1) is 73.5. The third-order valence-electron chi connectivity index (χ3n) is 16.3. The Labute approximate surface area is 486 Å². The average Bonchev–Trinajstić information content (AvgIpc) is 3.55. The highest BCUT2D eigenvalue weighted by Crippen LogP contribution is 2.33. The van der Waals surface area contributed by atoms with Crippen LogP contribution in [0, 0.1) is 0 Å². The molecule has 476 valence electrons. The fraction of sp³-hybridized carbons (Fsp3) is 0.919. The van der Waals surface area contributed by atoms with Gasteiger partial charge in [-0.05, 0) is 44.9 Å². The third-order valence-corrected chi connectivity index (χ3v) is 16.3. The second-order valence-electron chi connectivity index (χ2n) is 23.2. The minimum atomic E-state index is -1.97. The van der Waals surface area contributed by atoms with Crippen LogP contribution < -0.4 is 5.32 Å². The van der Waals surface area contributed by atoms with Crippen molar-refractivity contribution in [2.24, 2.45) is 0 Å². The van der Waals surface area contributed by atoms with Crippen molar-refractivity contribution < 1.29 is 89.4 Å². The van der Waals surface area contributed by atoms with Crippen LogP contribution in [-0.4, -0.2) is 193 Å². The van der Waals surface area contributed by atoms with Gasteiger partial charge in [0.2, 0.25) is 5.91 Å². The lowest BCUT2D eigenvalue weighted by atomic mass is 9.96. The van der Waals surface area contributed by atoms with Crippen LogP contribution in [0.25, 0.3) is 0 Å². The standard InChI is InChI=1S/C62H115NO18/c1-3-5-7-8-9-10-11-12-13-14-15-16-17-18-19-20-21-22-23-24-25-26-27-28-29-30-31-32-33-34-35-36-38-40-50(68)63-45(46(67)39-37-6-4-2)44-76-60-56(74)53(71)58(48(42-65)78-60)81-62-57(75)54(72)59(49(43-66)79-62)80-61-55(73)52(70)51(69)47(41-64)77-61/h11-12,14-15,45-49,51-62,64-67,69-75H,3-10,13,16-44H2,1-2H3,(H,63,68)/b12-11-,15-14-. The van der Waals surface area contributed by atoms with Crippen molar-refractivity contribution in [3.63, 3.8) is 0 Å². The molecule has 19 nitrogen and oxygen atoms in total. The number of unbranched alkanes of at least 4 members (excludes halogenated alkanes) is 28. The van der Waals surface area contributed by atoms with Gasteiger partial charge >= 0.3 is 0 Å². The van der Waals surface area contributed by atoms with Crippen molar-refractivity contribution >= 4 is 5.91 Å². The van der Waals surface area contributed by atoms with Gasteiger partial charge in [0, 0.05) is 6.42 Å². The second-order valence-corrected chi connectivity index (χ2v) is 23.2. The summed E-state index contributed by atoms with van der Waals surface area (Å²) in [5, 5.41) is 119. The van der Waals surface area contributed by atoms with Crippen LogP contribution in [0.15, 0.2) is 24.3 Å². The topological polar surface area (TPSA) is 307 Å². The highest BCUT2D eigenvalue weighted by molar-refractivity contribution is 5.76. The molecule has 0 aromatic heterocycles. The third kappa shape index (κ3) is 29.0. The predicted molar refractivity (Wildman–Crippen MR) is 310 cm³/mol. The largest absolute Gasteiger partial charge is 0.394 e. The second kappa shape index (κ2) is 45.6. The summed E-state index contributed by atoms with van der Waals surface area (Å²) in [6.45, 7) is 1.60. The first-order valence-electron chi connectivity index (χ1n) is 32.1. The van der Waals surface area contributed by atoms with E-state index in [0.29, 0.717) is 19.3 Å². The van der Waals surface area contributed by atoms with E-state index in [1.54, 1.807) is 0 Å². The summed E-state index contributed by atoms with van der Waals surface area (Å²) in [4.78, 5) is 13.2. The van der Waals surface area contributed by atoms with Crippen LogP contribution in [0.2, 0.25) is 0 Å². The highest BCUT2D eigenvalue weighted by atomic mass is 16.8. The summed E-state index contributed by atoms with van der Waals surface area (Å²) >= 11 is 0. The minimum absolute atomic E-state index is 0.252. The Morgan fingerprint density at radius 1 is 0.444 bits per heavy atom. The van der Waals surface area contributed by atoms with Crippen molar-refractivity contribution in [1.29, 1.82) is 0 Å². The fourth-order valence-electron chi connectivity index (χ4n) is 11.0. The molecule has 19 heteroatoms. The summed E-state index contributed by atoms with van der Waals surface area (Å²) in [5.41, 5.74) is 0. The Hall–Kier alpha value is -1.73. The molecule has 3 heterocycles. The van der Waals surface area contributed by atoms with Gasteiger partial charge < -0.3 is 89.9 Å². The number of rotatable bonds is 48. The summed E-state index contributed by atoms with van der Waals surface area (Å²) in [7, 11) is 0. The molecule has 81 heavy (non-hydrogen) atoms. The maximum atomic E-state index is 13.2. The van der Waals surface area contributed by atoms with E-state index in [9.17, 15) is 61.0 Å². The fourth-order valence-corrected chi connectivity index (χ4v) is 11.0. The lowest BCUT2D eigenvalue weighted by Gasteiger charge is -2.48. The molecule has 17 atom stereocenters. The summed E-state index contributed by atoms with van der Waals surface area (Å²) in [6, 6.07) is -0.879.